The fourth-order valence-electron chi connectivity index (χ4n) is 1.36. The summed E-state index contributed by atoms with van der Waals surface area (Å²) in [5.74, 6) is -1.94. The molecule has 2 rings (SSSR count). The molecule has 0 unspecified atom stereocenters. The first-order chi connectivity index (χ1) is 9.01. The molecule has 100 valence electrons. The van der Waals surface area contributed by atoms with Crippen molar-refractivity contribution in [2.45, 2.75) is 0 Å². The normalized spacial score (nSPS) is 10.4. The minimum absolute atomic E-state index is 0.107. The van der Waals surface area contributed by atoms with Crippen molar-refractivity contribution in [2.75, 3.05) is 12.4 Å². The van der Waals surface area contributed by atoms with Crippen LogP contribution < -0.4 is 10.1 Å². The second-order valence-electron chi connectivity index (χ2n) is 3.53. The first-order valence-corrected chi connectivity index (χ1v) is 6.35. The smallest absolute Gasteiger partial charge is 0.258 e. The molecule has 3 nitrogen and oxygen atoms in total. The molecule has 0 aliphatic carbocycles. The maximum atomic E-state index is 13.6. The van der Waals surface area contributed by atoms with Crippen molar-refractivity contribution in [3.8, 4) is 11.6 Å². The van der Waals surface area contributed by atoms with Gasteiger partial charge in [0.05, 0.1) is 5.02 Å². The van der Waals surface area contributed by atoms with Gasteiger partial charge in [-0.3, -0.25) is 0 Å². The van der Waals surface area contributed by atoms with Gasteiger partial charge in [-0.25, -0.2) is 8.78 Å². The minimum Gasteiger partial charge on any atom is -0.435 e. The maximum absolute atomic E-state index is 13.6. The van der Waals surface area contributed by atoms with Crippen molar-refractivity contribution >= 4 is 33.3 Å². The van der Waals surface area contributed by atoms with Crippen LogP contribution in [0.5, 0.6) is 11.6 Å². The lowest BCUT2D eigenvalue weighted by molar-refractivity contribution is 0.418. The predicted octanol–water partition coefficient (Wildman–Crippen LogP) is 4.61. The highest BCUT2D eigenvalue weighted by Crippen LogP contribution is 2.32. The number of hydrogen-bond acceptors (Lipinski definition) is 3. The topological polar surface area (TPSA) is 34.2 Å². The van der Waals surface area contributed by atoms with E-state index < -0.39 is 11.6 Å². The van der Waals surface area contributed by atoms with E-state index >= 15 is 0 Å². The van der Waals surface area contributed by atoms with Gasteiger partial charge in [-0.15, -0.1) is 0 Å². The van der Waals surface area contributed by atoms with E-state index in [4.69, 9.17) is 16.3 Å². The lowest BCUT2D eigenvalue weighted by Gasteiger charge is -2.09. The molecule has 0 radical (unpaired) electrons. The zero-order chi connectivity index (χ0) is 14.0. The molecule has 1 aromatic carbocycles. The average molecular weight is 350 g/mol. The van der Waals surface area contributed by atoms with Crippen LogP contribution in [0.3, 0.4) is 0 Å². The van der Waals surface area contributed by atoms with Gasteiger partial charge in [0.25, 0.3) is 5.88 Å². The summed E-state index contributed by atoms with van der Waals surface area (Å²) in [7, 11) is 1.47. The van der Waals surface area contributed by atoms with E-state index in [1.807, 2.05) is 0 Å². The molecule has 0 aliphatic heterocycles. The third-order valence-corrected chi connectivity index (χ3v) is 3.02. The van der Waals surface area contributed by atoms with E-state index in [9.17, 15) is 8.78 Å². The second-order valence-corrected chi connectivity index (χ2v) is 4.86. The largest absolute Gasteiger partial charge is 0.435 e. The molecule has 7 heteroatoms. The molecule has 0 saturated heterocycles. The Hall–Kier alpha value is -1.40. The van der Waals surface area contributed by atoms with Crippen molar-refractivity contribution in [1.29, 1.82) is 0 Å². The molecule has 1 N–H and O–H groups in total. The third kappa shape index (κ3) is 3.13. The van der Waals surface area contributed by atoms with E-state index in [0.717, 1.165) is 4.47 Å². The van der Waals surface area contributed by atoms with Gasteiger partial charge in [0, 0.05) is 17.6 Å². The lowest BCUT2D eigenvalue weighted by atomic mass is 10.3. The Morgan fingerprint density at radius 1 is 1.26 bits per heavy atom. The van der Waals surface area contributed by atoms with Crippen LogP contribution in [0.2, 0.25) is 5.02 Å². The van der Waals surface area contributed by atoms with Gasteiger partial charge in [-0.2, -0.15) is 4.98 Å². The Kier molecular flexibility index (Phi) is 4.21. The summed E-state index contributed by atoms with van der Waals surface area (Å²) >= 11 is 9.18. The highest BCUT2D eigenvalue weighted by Gasteiger charge is 2.14. The Labute approximate surface area is 121 Å². The number of anilines is 1. The zero-order valence-electron chi connectivity index (χ0n) is 9.68. The maximum Gasteiger partial charge on any atom is 0.258 e. The Balaban J connectivity index is 2.37. The molecule has 0 aliphatic rings. The van der Waals surface area contributed by atoms with Crippen LogP contribution in [0.1, 0.15) is 0 Å². The van der Waals surface area contributed by atoms with E-state index in [-0.39, 0.29) is 22.5 Å². The van der Waals surface area contributed by atoms with Crippen molar-refractivity contribution in [3.05, 3.63) is 45.4 Å². The summed E-state index contributed by atoms with van der Waals surface area (Å²) in [5, 5.41) is 2.78. The number of halogens is 4. The molecule has 0 atom stereocenters. The molecule has 2 aromatic rings. The first kappa shape index (κ1) is 14.0. The molecule has 0 fully saturated rings. The van der Waals surface area contributed by atoms with Gasteiger partial charge in [-0.05, 0) is 18.2 Å². The average Bonchev–Trinajstić information content (AvgIpc) is 2.35. The van der Waals surface area contributed by atoms with Crippen LogP contribution in [-0.2, 0) is 0 Å². The van der Waals surface area contributed by atoms with E-state index in [2.05, 4.69) is 26.2 Å². The van der Waals surface area contributed by atoms with Gasteiger partial charge in [0.15, 0.2) is 17.5 Å². The number of rotatable bonds is 3. The molecular weight excluding hydrogens is 341 g/mol. The van der Waals surface area contributed by atoms with Gasteiger partial charge < -0.3 is 10.1 Å². The Bertz CT molecular complexity index is 625. The number of hydrogen-bond donors (Lipinski definition) is 1. The fraction of sp³-hybridized carbons (Fsp3) is 0.0833. The minimum atomic E-state index is -0.907. The molecule has 1 aromatic heterocycles. The van der Waals surface area contributed by atoms with Crippen LogP contribution in [0.4, 0.5) is 14.6 Å². The monoisotopic (exact) mass is 348 g/mol. The number of aromatic nitrogens is 1. The van der Waals surface area contributed by atoms with Crippen molar-refractivity contribution < 1.29 is 13.5 Å². The summed E-state index contributed by atoms with van der Waals surface area (Å²) in [6, 6.07) is 5.52. The molecule has 0 spiro atoms. The van der Waals surface area contributed by atoms with Gasteiger partial charge in [0.1, 0.15) is 5.75 Å². The molecular formula is C12H8BrClF2N2O. The van der Waals surface area contributed by atoms with Crippen molar-refractivity contribution in [2.24, 2.45) is 0 Å². The zero-order valence-corrected chi connectivity index (χ0v) is 12.0. The van der Waals surface area contributed by atoms with Gasteiger partial charge in [-0.1, -0.05) is 27.5 Å². The Morgan fingerprint density at radius 3 is 2.63 bits per heavy atom. The van der Waals surface area contributed by atoms with E-state index in [0.29, 0.717) is 6.07 Å². The number of ether oxygens (including phenoxy) is 1. The summed E-state index contributed by atoms with van der Waals surface area (Å²) in [5.41, 5.74) is 0. The van der Waals surface area contributed by atoms with Crippen LogP contribution in [0.15, 0.2) is 28.7 Å². The predicted molar refractivity (Wildman–Crippen MR) is 72.9 cm³/mol. The van der Waals surface area contributed by atoms with Gasteiger partial charge >= 0.3 is 0 Å². The van der Waals surface area contributed by atoms with Crippen molar-refractivity contribution in [3.63, 3.8) is 0 Å². The highest BCUT2D eigenvalue weighted by molar-refractivity contribution is 9.10. The van der Waals surface area contributed by atoms with Crippen LogP contribution in [-0.4, -0.2) is 12.0 Å². The van der Waals surface area contributed by atoms with Crippen LogP contribution in [0, 0.1) is 11.6 Å². The quantitative estimate of drug-likeness (QED) is 0.878. The van der Waals surface area contributed by atoms with E-state index in [1.54, 1.807) is 18.2 Å². The fourth-order valence-corrected chi connectivity index (χ4v) is 2.07. The number of benzene rings is 1. The molecule has 0 bridgehead atoms. The number of pyridine rings is 1. The van der Waals surface area contributed by atoms with E-state index in [1.165, 1.54) is 7.05 Å². The van der Waals surface area contributed by atoms with Crippen LogP contribution >= 0.6 is 27.5 Å². The molecule has 19 heavy (non-hydrogen) atoms. The molecule has 0 amide bonds. The standard InChI is InChI=1S/C12H8BrClF2N2O/c1-17-11-8(15)5-9(16)12(18-11)19-10-3-2-6(13)4-7(10)14/h2-5H,1H3,(H,17,18). The summed E-state index contributed by atoms with van der Waals surface area (Å²) in [6.07, 6.45) is 0. The molecule has 0 saturated carbocycles. The van der Waals surface area contributed by atoms with Crippen molar-refractivity contribution in [1.82, 2.24) is 4.98 Å². The van der Waals surface area contributed by atoms with Crippen LogP contribution in [0.25, 0.3) is 0 Å². The highest BCUT2D eigenvalue weighted by atomic mass is 79.9. The number of nitrogens with zero attached hydrogens (tertiary/aromatic N) is 1. The second kappa shape index (κ2) is 5.71. The third-order valence-electron chi connectivity index (χ3n) is 2.23. The number of nitrogens with one attached hydrogen (secondary N) is 1. The first-order valence-electron chi connectivity index (χ1n) is 5.18. The summed E-state index contributed by atoms with van der Waals surface area (Å²) in [6.45, 7) is 0. The SMILES string of the molecule is CNc1nc(Oc2ccc(Br)cc2Cl)c(F)cc1F. The summed E-state index contributed by atoms with van der Waals surface area (Å²) < 4.78 is 32.8. The molecule has 1 heterocycles. The lowest BCUT2D eigenvalue weighted by Crippen LogP contribution is -2.01. The van der Waals surface area contributed by atoms with Gasteiger partial charge in [0.2, 0.25) is 0 Å². The summed E-state index contributed by atoms with van der Waals surface area (Å²) in [4.78, 5) is 3.70. The Morgan fingerprint density at radius 2 is 2.00 bits per heavy atom.